The van der Waals surface area contributed by atoms with Gasteiger partial charge in [-0.25, -0.2) is 0 Å². The summed E-state index contributed by atoms with van der Waals surface area (Å²) in [5.74, 6) is -0.764. The fraction of sp³-hybridized carbons (Fsp3) is 0.471. The molecule has 0 aromatic heterocycles. The second-order valence-corrected chi connectivity index (χ2v) is 5.89. The Kier molecular flexibility index (Phi) is 4.96. The van der Waals surface area contributed by atoms with Crippen molar-refractivity contribution < 1.29 is 14.4 Å². The number of carbonyl (C=O) groups excluding carboxylic acids is 3. The molecule has 1 aliphatic carbocycles. The van der Waals surface area contributed by atoms with Crippen LogP contribution in [0, 0.1) is 11.8 Å². The Morgan fingerprint density at radius 1 is 1.23 bits per heavy atom. The van der Waals surface area contributed by atoms with Gasteiger partial charge in [-0.2, -0.15) is 0 Å². The molecule has 0 heterocycles. The van der Waals surface area contributed by atoms with Crippen molar-refractivity contribution in [1.82, 2.24) is 5.32 Å². The molecule has 1 aromatic carbocycles. The number of Topliss-reactive ketones (excluding diaryl/α,β-unsaturated/α-hetero) is 1. The molecule has 3 atom stereocenters. The van der Waals surface area contributed by atoms with Crippen molar-refractivity contribution in [2.45, 2.75) is 39.7 Å². The van der Waals surface area contributed by atoms with Crippen LogP contribution in [0.15, 0.2) is 24.3 Å². The Morgan fingerprint density at radius 3 is 2.55 bits per heavy atom. The van der Waals surface area contributed by atoms with Crippen molar-refractivity contribution in [2.75, 3.05) is 5.32 Å². The molecule has 2 N–H and O–H groups in total. The summed E-state index contributed by atoms with van der Waals surface area (Å²) in [6.45, 7) is 5.43. The summed E-state index contributed by atoms with van der Waals surface area (Å²) in [6, 6.07) is 6.95. The largest absolute Gasteiger partial charge is 0.353 e. The van der Waals surface area contributed by atoms with Gasteiger partial charge >= 0.3 is 0 Å². The van der Waals surface area contributed by atoms with Crippen molar-refractivity contribution >= 4 is 23.3 Å². The van der Waals surface area contributed by atoms with Gasteiger partial charge in [-0.1, -0.05) is 19.1 Å². The standard InChI is InChI=1S/C17H22N2O3/c1-4-10(2)18-16(21)14-9-15(14)17(22)19-13-7-5-6-12(8-13)11(3)20/h5-8,10,14-15H,4,9H2,1-3H3,(H,18,21)(H,19,22). The summed E-state index contributed by atoms with van der Waals surface area (Å²) in [6.07, 6.45) is 1.45. The van der Waals surface area contributed by atoms with Crippen LogP contribution in [-0.2, 0) is 9.59 Å². The van der Waals surface area contributed by atoms with E-state index in [2.05, 4.69) is 10.6 Å². The minimum atomic E-state index is -0.273. The monoisotopic (exact) mass is 302 g/mol. The van der Waals surface area contributed by atoms with E-state index in [9.17, 15) is 14.4 Å². The van der Waals surface area contributed by atoms with Gasteiger partial charge in [-0.3, -0.25) is 14.4 Å². The Balaban J connectivity index is 1.90. The summed E-state index contributed by atoms with van der Waals surface area (Å²) >= 11 is 0. The van der Waals surface area contributed by atoms with E-state index in [-0.39, 0.29) is 35.5 Å². The van der Waals surface area contributed by atoms with Gasteiger partial charge in [0.1, 0.15) is 0 Å². The van der Waals surface area contributed by atoms with Crippen molar-refractivity contribution in [2.24, 2.45) is 11.8 Å². The van der Waals surface area contributed by atoms with Crippen LogP contribution >= 0.6 is 0 Å². The Hall–Kier alpha value is -2.17. The molecule has 5 nitrogen and oxygen atoms in total. The molecular formula is C17H22N2O3. The van der Waals surface area contributed by atoms with Crippen molar-refractivity contribution in [3.63, 3.8) is 0 Å². The highest BCUT2D eigenvalue weighted by Crippen LogP contribution is 2.39. The van der Waals surface area contributed by atoms with E-state index in [0.29, 0.717) is 17.7 Å². The van der Waals surface area contributed by atoms with Gasteiger partial charge < -0.3 is 10.6 Å². The van der Waals surface area contributed by atoms with Crippen LogP contribution in [0.3, 0.4) is 0 Å². The summed E-state index contributed by atoms with van der Waals surface area (Å²) in [4.78, 5) is 35.4. The molecule has 5 heteroatoms. The summed E-state index contributed by atoms with van der Waals surface area (Å²) in [7, 11) is 0. The maximum absolute atomic E-state index is 12.2. The van der Waals surface area contributed by atoms with E-state index >= 15 is 0 Å². The number of hydrogen-bond acceptors (Lipinski definition) is 3. The molecule has 3 unspecified atom stereocenters. The molecule has 2 amide bonds. The third kappa shape index (κ3) is 3.93. The molecule has 0 aliphatic heterocycles. The van der Waals surface area contributed by atoms with Crippen LogP contribution in [0.25, 0.3) is 0 Å². The fourth-order valence-electron chi connectivity index (χ4n) is 2.28. The highest BCUT2D eigenvalue weighted by atomic mass is 16.2. The van der Waals surface area contributed by atoms with Gasteiger partial charge in [0.25, 0.3) is 0 Å². The zero-order chi connectivity index (χ0) is 16.3. The number of ketones is 1. The fourth-order valence-corrected chi connectivity index (χ4v) is 2.28. The minimum Gasteiger partial charge on any atom is -0.353 e. The maximum Gasteiger partial charge on any atom is 0.228 e. The number of nitrogens with one attached hydrogen (secondary N) is 2. The van der Waals surface area contributed by atoms with Crippen molar-refractivity contribution in [3.05, 3.63) is 29.8 Å². The van der Waals surface area contributed by atoms with E-state index in [1.54, 1.807) is 24.3 Å². The maximum atomic E-state index is 12.2. The van der Waals surface area contributed by atoms with Crippen LogP contribution in [0.4, 0.5) is 5.69 Å². The van der Waals surface area contributed by atoms with E-state index in [4.69, 9.17) is 0 Å². The molecule has 0 spiro atoms. The minimum absolute atomic E-state index is 0.0478. The lowest BCUT2D eigenvalue weighted by Gasteiger charge is -2.11. The van der Waals surface area contributed by atoms with Crippen molar-refractivity contribution in [1.29, 1.82) is 0 Å². The third-order valence-electron chi connectivity index (χ3n) is 4.00. The first kappa shape index (κ1) is 16.2. The Bertz CT molecular complexity index is 597. The lowest BCUT2D eigenvalue weighted by molar-refractivity contribution is -0.125. The topological polar surface area (TPSA) is 75.3 Å². The van der Waals surface area contributed by atoms with Crippen molar-refractivity contribution in [3.8, 4) is 0 Å². The first-order valence-corrected chi connectivity index (χ1v) is 7.64. The average molecular weight is 302 g/mol. The predicted molar refractivity (Wildman–Crippen MR) is 84.6 cm³/mol. The van der Waals surface area contributed by atoms with E-state index in [0.717, 1.165) is 6.42 Å². The van der Waals surface area contributed by atoms with E-state index < -0.39 is 0 Å². The second kappa shape index (κ2) is 6.73. The van der Waals surface area contributed by atoms with Crippen LogP contribution in [0.5, 0.6) is 0 Å². The summed E-state index contributed by atoms with van der Waals surface area (Å²) < 4.78 is 0. The SMILES string of the molecule is CCC(C)NC(=O)C1CC1C(=O)Nc1cccc(C(C)=O)c1. The van der Waals surface area contributed by atoms with E-state index in [1.165, 1.54) is 6.92 Å². The highest BCUT2D eigenvalue weighted by Gasteiger charge is 2.48. The van der Waals surface area contributed by atoms with Gasteiger partial charge in [-0.05, 0) is 38.8 Å². The van der Waals surface area contributed by atoms with Gasteiger partial charge in [-0.15, -0.1) is 0 Å². The molecule has 0 saturated heterocycles. The number of amides is 2. The van der Waals surface area contributed by atoms with E-state index in [1.807, 2.05) is 13.8 Å². The van der Waals surface area contributed by atoms with Gasteiger partial charge in [0.2, 0.25) is 11.8 Å². The van der Waals surface area contributed by atoms with Gasteiger partial charge in [0.15, 0.2) is 5.78 Å². The first-order valence-electron chi connectivity index (χ1n) is 7.64. The first-order chi connectivity index (χ1) is 10.4. The third-order valence-corrected chi connectivity index (χ3v) is 4.00. The molecule has 1 saturated carbocycles. The van der Waals surface area contributed by atoms with Gasteiger partial charge in [0, 0.05) is 17.3 Å². The van der Waals surface area contributed by atoms with Crippen LogP contribution in [-0.4, -0.2) is 23.6 Å². The summed E-state index contributed by atoms with van der Waals surface area (Å²) in [5.41, 5.74) is 1.14. The molecule has 22 heavy (non-hydrogen) atoms. The van der Waals surface area contributed by atoms with Gasteiger partial charge in [0.05, 0.1) is 11.8 Å². The number of carbonyl (C=O) groups is 3. The Labute approximate surface area is 130 Å². The normalized spacial score (nSPS) is 20.9. The number of anilines is 1. The zero-order valence-electron chi connectivity index (χ0n) is 13.2. The molecule has 118 valence electrons. The van der Waals surface area contributed by atoms with Crippen LogP contribution < -0.4 is 10.6 Å². The zero-order valence-corrected chi connectivity index (χ0v) is 13.2. The predicted octanol–water partition coefficient (Wildman–Crippen LogP) is 2.38. The molecule has 2 rings (SSSR count). The highest BCUT2D eigenvalue weighted by molar-refractivity contribution is 6.01. The second-order valence-electron chi connectivity index (χ2n) is 5.89. The molecular weight excluding hydrogens is 280 g/mol. The lowest BCUT2D eigenvalue weighted by atomic mass is 10.1. The number of hydrogen-bond donors (Lipinski definition) is 2. The lowest BCUT2D eigenvalue weighted by Crippen LogP contribution is -2.34. The molecule has 0 bridgehead atoms. The summed E-state index contributed by atoms with van der Waals surface area (Å²) in [5, 5.41) is 5.68. The number of benzene rings is 1. The molecule has 1 aromatic rings. The number of rotatable bonds is 6. The molecule has 1 fully saturated rings. The molecule has 1 aliphatic rings. The Morgan fingerprint density at radius 2 is 1.91 bits per heavy atom. The van der Waals surface area contributed by atoms with Crippen LogP contribution in [0.1, 0.15) is 44.0 Å². The average Bonchev–Trinajstić information content (AvgIpc) is 3.28. The molecule has 0 radical (unpaired) electrons. The van der Waals surface area contributed by atoms with Crippen LogP contribution in [0.2, 0.25) is 0 Å². The smallest absolute Gasteiger partial charge is 0.228 e. The quantitative estimate of drug-likeness (QED) is 0.792.